The summed E-state index contributed by atoms with van der Waals surface area (Å²) in [4.78, 5) is 40.4. The molecule has 6 nitrogen and oxygen atoms in total. The number of allylic oxidation sites excluding steroid dienone is 2. The van der Waals surface area contributed by atoms with Gasteiger partial charge in [-0.1, -0.05) is 37.3 Å². The molecule has 1 aromatic carbocycles. The number of nitrogens with zero attached hydrogens (tertiary/aromatic N) is 3. The molecule has 1 N–H and O–H groups in total. The molecule has 2 heterocycles. The first-order chi connectivity index (χ1) is 13.9. The third-order valence-electron chi connectivity index (χ3n) is 5.80. The largest absolute Gasteiger partial charge is 0.317 e. The number of Topliss-reactive ketones (excluding diaryl/α,β-unsaturated/α-hetero) is 2. The lowest BCUT2D eigenvalue weighted by atomic mass is 9.67. The number of hydrogen-bond donors (Lipinski definition) is 1. The number of carbonyl (C=O) groups is 2. The van der Waals surface area contributed by atoms with Crippen LogP contribution in [-0.4, -0.2) is 48.0 Å². The van der Waals surface area contributed by atoms with Gasteiger partial charge in [0.2, 0.25) is 0 Å². The Bertz CT molecular complexity index is 981. The van der Waals surface area contributed by atoms with Crippen LogP contribution in [-0.2, 0) is 9.59 Å². The molecule has 4 rings (SSSR count). The van der Waals surface area contributed by atoms with Gasteiger partial charge in [-0.05, 0) is 39.8 Å². The van der Waals surface area contributed by atoms with E-state index in [1.54, 1.807) is 6.21 Å². The molecular formula is C23H28Cl2N4O2. The summed E-state index contributed by atoms with van der Waals surface area (Å²) in [6, 6.07) is 9.60. The normalized spacial score (nSPS) is 23.3. The van der Waals surface area contributed by atoms with E-state index in [1.165, 1.54) is 0 Å². The van der Waals surface area contributed by atoms with Crippen LogP contribution < -0.4 is 5.32 Å². The Hall–Kier alpha value is -2.15. The Kier molecular flexibility index (Phi) is 8.09. The van der Waals surface area contributed by atoms with Crippen LogP contribution in [0.4, 0.5) is 0 Å². The Labute approximate surface area is 195 Å². The maximum atomic E-state index is 13.4. The predicted molar refractivity (Wildman–Crippen MR) is 129 cm³/mol. The van der Waals surface area contributed by atoms with Gasteiger partial charge in [-0.2, -0.15) is 0 Å². The molecule has 1 aliphatic carbocycles. The van der Waals surface area contributed by atoms with Gasteiger partial charge in [0.25, 0.3) is 0 Å². The topological polar surface area (TPSA) is 83.2 Å². The molecule has 0 saturated heterocycles. The zero-order chi connectivity index (χ0) is 20.6. The molecule has 0 amide bonds. The number of ketones is 2. The fourth-order valence-corrected chi connectivity index (χ4v) is 4.19. The third-order valence-corrected chi connectivity index (χ3v) is 5.80. The zero-order valence-corrected chi connectivity index (χ0v) is 19.6. The highest BCUT2D eigenvalue weighted by molar-refractivity contribution is 6.52. The van der Waals surface area contributed by atoms with E-state index in [4.69, 9.17) is 0 Å². The monoisotopic (exact) mass is 462 g/mol. The van der Waals surface area contributed by atoms with Crippen molar-refractivity contribution in [2.45, 2.75) is 39.2 Å². The van der Waals surface area contributed by atoms with E-state index in [9.17, 15) is 9.59 Å². The smallest absolute Gasteiger partial charge is 0.187 e. The molecule has 8 heteroatoms. The SMILES string of the molecule is CCNCCCC1C(=O)C2=NC(c3ccccc3)=NC2=C2C=NC(C)(C)C(=O)C21.Cl.Cl. The molecule has 31 heavy (non-hydrogen) atoms. The van der Waals surface area contributed by atoms with E-state index < -0.39 is 17.4 Å². The number of benzene rings is 1. The summed E-state index contributed by atoms with van der Waals surface area (Å²) in [5.41, 5.74) is 1.67. The Morgan fingerprint density at radius 3 is 2.45 bits per heavy atom. The van der Waals surface area contributed by atoms with E-state index >= 15 is 0 Å². The molecule has 1 aromatic rings. The van der Waals surface area contributed by atoms with Crippen molar-refractivity contribution in [1.82, 2.24) is 5.32 Å². The second-order valence-corrected chi connectivity index (χ2v) is 8.19. The molecule has 2 atom stereocenters. The highest BCUT2D eigenvalue weighted by Gasteiger charge is 2.50. The van der Waals surface area contributed by atoms with Crippen LogP contribution in [0.5, 0.6) is 0 Å². The maximum absolute atomic E-state index is 13.4. The van der Waals surface area contributed by atoms with E-state index in [0.29, 0.717) is 23.7 Å². The van der Waals surface area contributed by atoms with Crippen molar-refractivity contribution in [3.8, 4) is 0 Å². The van der Waals surface area contributed by atoms with Crippen molar-refractivity contribution >= 4 is 54.1 Å². The van der Waals surface area contributed by atoms with Crippen LogP contribution in [0.25, 0.3) is 0 Å². The Morgan fingerprint density at radius 1 is 1.06 bits per heavy atom. The van der Waals surface area contributed by atoms with Gasteiger partial charge >= 0.3 is 0 Å². The van der Waals surface area contributed by atoms with Gasteiger partial charge in [0.05, 0.1) is 5.92 Å². The maximum Gasteiger partial charge on any atom is 0.187 e. The minimum Gasteiger partial charge on any atom is -0.317 e. The lowest BCUT2D eigenvalue weighted by molar-refractivity contribution is -0.131. The third kappa shape index (κ3) is 4.56. The van der Waals surface area contributed by atoms with Crippen molar-refractivity contribution in [2.24, 2.45) is 26.8 Å². The minimum atomic E-state index is -0.825. The fourth-order valence-electron chi connectivity index (χ4n) is 4.19. The number of hydrogen-bond acceptors (Lipinski definition) is 6. The Balaban J connectivity index is 0.00000171. The molecule has 166 valence electrons. The van der Waals surface area contributed by atoms with E-state index in [-0.39, 0.29) is 36.4 Å². The number of amidine groups is 1. The molecule has 0 radical (unpaired) electrons. The second-order valence-electron chi connectivity index (χ2n) is 8.19. The molecule has 0 bridgehead atoms. The summed E-state index contributed by atoms with van der Waals surface area (Å²) in [5, 5.41) is 3.29. The highest BCUT2D eigenvalue weighted by atomic mass is 35.5. The molecule has 0 saturated carbocycles. The van der Waals surface area contributed by atoms with Crippen molar-refractivity contribution in [3.63, 3.8) is 0 Å². The van der Waals surface area contributed by atoms with Crippen molar-refractivity contribution in [2.75, 3.05) is 13.1 Å². The van der Waals surface area contributed by atoms with Gasteiger partial charge in [0.15, 0.2) is 17.4 Å². The van der Waals surface area contributed by atoms with E-state index in [2.05, 4.69) is 27.2 Å². The summed E-state index contributed by atoms with van der Waals surface area (Å²) in [6.07, 6.45) is 3.22. The molecule has 2 aliphatic heterocycles. The fraction of sp³-hybridized carbons (Fsp3) is 0.435. The first-order valence-corrected chi connectivity index (χ1v) is 10.3. The predicted octanol–water partition coefficient (Wildman–Crippen LogP) is 3.62. The van der Waals surface area contributed by atoms with Crippen LogP contribution >= 0.6 is 24.8 Å². The average Bonchev–Trinajstić information content (AvgIpc) is 3.16. The number of nitrogens with one attached hydrogen (secondary N) is 1. The Morgan fingerprint density at radius 2 is 1.77 bits per heavy atom. The van der Waals surface area contributed by atoms with Gasteiger partial charge in [0, 0.05) is 23.3 Å². The lowest BCUT2D eigenvalue weighted by Crippen LogP contribution is -2.49. The van der Waals surface area contributed by atoms with Crippen LogP contribution in [0.1, 0.15) is 39.2 Å². The summed E-state index contributed by atoms with van der Waals surface area (Å²) in [6.45, 7) is 7.38. The van der Waals surface area contributed by atoms with Gasteiger partial charge in [-0.15, -0.1) is 24.8 Å². The van der Waals surface area contributed by atoms with Gasteiger partial charge in [-0.3, -0.25) is 14.6 Å². The molecule has 2 unspecified atom stereocenters. The van der Waals surface area contributed by atoms with Crippen LogP contribution in [0.15, 0.2) is 56.6 Å². The number of carbonyl (C=O) groups excluding carboxylic acids is 2. The molecular weight excluding hydrogens is 435 g/mol. The number of rotatable bonds is 6. The highest BCUT2D eigenvalue weighted by Crippen LogP contribution is 2.41. The minimum absolute atomic E-state index is 0. The molecule has 0 spiro atoms. The zero-order valence-electron chi connectivity index (χ0n) is 17.9. The summed E-state index contributed by atoms with van der Waals surface area (Å²) in [7, 11) is 0. The summed E-state index contributed by atoms with van der Waals surface area (Å²) < 4.78 is 0. The number of fused-ring (bicyclic) bond motifs is 2. The van der Waals surface area contributed by atoms with E-state index in [0.717, 1.165) is 30.6 Å². The lowest BCUT2D eigenvalue weighted by Gasteiger charge is -2.37. The van der Waals surface area contributed by atoms with E-state index in [1.807, 2.05) is 44.2 Å². The summed E-state index contributed by atoms with van der Waals surface area (Å²) in [5.74, 6) is -0.459. The molecule has 0 fully saturated rings. The average molecular weight is 463 g/mol. The van der Waals surface area contributed by atoms with Crippen molar-refractivity contribution in [1.29, 1.82) is 0 Å². The summed E-state index contributed by atoms with van der Waals surface area (Å²) >= 11 is 0. The number of aliphatic imine (C=N–C) groups is 3. The first-order valence-electron chi connectivity index (χ1n) is 10.3. The van der Waals surface area contributed by atoms with Gasteiger partial charge < -0.3 is 5.32 Å². The number of halogens is 2. The van der Waals surface area contributed by atoms with Crippen LogP contribution in [0, 0.1) is 11.8 Å². The molecule has 0 aromatic heterocycles. The van der Waals surface area contributed by atoms with Crippen molar-refractivity contribution in [3.05, 3.63) is 47.2 Å². The van der Waals surface area contributed by atoms with Crippen LogP contribution in [0.2, 0.25) is 0 Å². The quantitative estimate of drug-likeness (QED) is 0.655. The van der Waals surface area contributed by atoms with Crippen molar-refractivity contribution < 1.29 is 9.59 Å². The van der Waals surface area contributed by atoms with Gasteiger partial charge in [0.1, 0.15) is 16.9 Å². The van der Waals surface area contributed by atoms with Crippen LogP contribution in [0.3, 0.4) is 0 Å². The van der Waals surface area contributed by atoms with Gasteiger partial charge in [-0.25, -0.2) is 9.98 Å². The second kappa shape index (κ2) is 9.98. The first kappa shape index (κ1) is 25.1. The molecule has 3 aliphatic rings. The standard InChI is InChI=1S/C23H26N4O2.2ClH/c1-4-24-12-8-11-15-17-16(13-25-23(2,3)21(17)29)18-19(20(15)28)27-22(26-18)14-9-6-5-7-10-14;;/h5-7,9-10,13,15,17,24H,4,8,11-12H2,1-3H3;2*1H.